The minimum Gasteiger partial charge on any atom is -0.456 e. The van der Waals surface area contributed by atoms with E-state index in [1.807, 2.05) is 33.8 Å². The van der Waals surface area contributed by atoms with Crippen LogP contribution in [0.3, 0.4) is 0 Å². The Labute approximate surface area is 150 Å². The maximum Gasteiger partial charge on any atom is 0.338 e. The van der Waals surface area contributed by atoms with Crippen molar-refractivity contribution >= 4 is 11.9 Å². The van der Waals surface area contributed by atoms with Gasteiger partial charge in [-0.25, -0.2) is 4.79 Å². The SMILES string of the molecule is Cc1cc(C(=O)OC(C)(C)C)cc(C(=O)N(C)CC2CCCOC2)c1. The summed E-state index contributed by atoms with van der Waals surface area (Å²) in [7, 11) is 1.80. The van der Waals surface area contributed by atoms with Crippen molar-refractivity contribution in [3.05, 3.63) is 34.9 Å². The Morgan fingerprint density at radius 2 is 1.92 bits per heavy atom. The smallest absolute Gasteiger partial charge is 0.338 e. The van der Waals surface area contributed by atoms with Crippen LogP contribution in [0.25, 0.3) is 0 Å². The van der Waals surface area contributed by atoms with Gasteiger partial charge in [-0.15, -0.1) is 0 Å². The highest BCUT2D eigenvalue weighted by molar-refractivity contribution is 5.98. The lowest BCUT2D eigenvalue weighted by atomic mass is 10.0. The third kappa shape index (κ3) is 5.85. The van der Waals surface area contributed by atoms with E-state index in [4.69, 9.17) is 9.47 Å². The van der Waals surface area contributed by atoms with E-state index in [9.17, 15) is 9.59 Å². The summed E-state index contributed by atoms with van der Waals surface area (Å²) in [5.41, 5.74) is 1.22. The zero-order chi connectivity index (χ0) is 18.6. The molecule has 1 atom stereocenters. The topological polar surface area (TPSA) is 55.8 Å². The van der Waals surface area contributed by atoms with Gasteiger partial charge in [-0.3, -0.25) is 4.79 Å². The van der Waals surface area contributed by atoms with Gasteiger partial charge in [0.05, 0.1) is 12.2 Å². The van der Waals surface area contributed by atoms with Gasteiger partial charge in [-0.2, -0.15) is 0 Å². The summed E-state index contributed by atoms with van der Waals surface area (Å²) in [5.74, 6) is -0.120. The van der Waals surface area contributed by atoms with Gasteiger partial charge in [0.25, 0.3) is 5.91 Å². The van der Waals surface area contributed by atoms with Gasteiger partial charge in [0.15, 0.2) is 0 Å². The van der Waals surface area contributed by atoms with Gasteiger partial charge < -0.3 is 14.4 Å². The summed E-state index contributed by atoms with van der Waals surface area (Å²) < 4.78 is 10.9. The number of esters is 1. The maximum absolute atomic E-state index is 12.8. The number of hydrogen-bond acceptors (Lipinski definition) is 4. The molecule has 1 aromatic carbocycles. The summed E-state index contributed by atoms with van der Waals surface area (Å²) in [5, 5.41) is 0. The number of benzene rings is 1. The summed E-state index contributed by atoms with van der Waals surface area (Å²) in [4.78, 5) is 26.8. The van der Waals surface area contributed by atoms with Gasteiger partial charge in [-0.1, -0.05) is 0 Å². The van der Waals surface area contributed by atoms with E-state index in [1.165, 1.54) is 0 Å². The molecule has 5 heteroatoms. The lowest BCUT2D eigenvalue weighted by molar-refractivity contribution is 0.00694. The van der Waals surface area contributed by atoms with E-state index in [0.717, 1.165) is 25.0 Å². The predicted molar refractivity (Wildman–Crippen MR) is 96.9 cm³/mol. The Morgan fingerprint density at radius 1 is 1.24 bits per heavy atom. The normalized spacial score (nSPS) is 17.9. The zero-order valence-corrected chi connectivity index (χ0v) is 15.9. The lowest BCUT2D eigenvalue weighted by Crippen LogP contribution is -2.35. The molecule has 0 aliphatic carbocycles. The van der Waals surface area contributed by atoms with E-state index in [1.54, 1.807) is 24.1 Å². The molecular formula is C20H29NO4. The highest BCUT2D eigenvalue weighted by Gasteiger charge is 2.22. The van der Waals surface area contributed by atoms with Crippen molar-refractivity contribution in [1.29, 1.82) is 0 Å². The molecule has 0 radical (unpaired) electrons. The minimum absolute atomic E-state index is 0.0842. The van der Waals surface area contributed by atoms with Crippen molar-refractivity contribution in [2.75, 3.05) is 26.8 Å². The number of nitrogens with zero attached hydrogens (tertiary/aromatic N) is 1. The van der Waals surface area contributed by atoms with Crippen LogP contribution in [0.1, 0.15) is 59.9 Å². The number of amides is 1. The molecule has 1 unspecified atom stereocenters. The van der Waals surface area contributed by atoms with Crippen LogP contribution < -0.4 is 0 Å². The van der Waals surface area contributed by atoms with Gasteiger partial charge in [0, 0.05) is 25.8 Å². The average molecular weight is 347 g/mol. The Bertz CT molecular complexity index is 627. The molecule has 0 saturated carbocycles. The van der Waals surface area contributed by atoms with Gasteiger partial charge >= 0.3 is 5.97 Å². The summed E-state index contributed by atoms with van der Waals surface area (Å²) in [6.45, 7) is 9.53. The second-order valence-corrected chi connectivity index (χ2v) is 7.86. The minimum atomic E-state index is -0.567. The first-order valence-corrected chi connectivity index (χ1v) is 8.84. The molecule has 1 fully saturated rings. The fourth-order valence-electron chi connectivity index (χ4n) is 3.00. The quantitative estimate of drug-likeness (QED) is 0.783. The zero-order valence-electron chi connectivity index (χ0n) is 15.9. The lowest BCUT2D eigenvalue weighted by Gasteiger charge is -2.27. The Balaban J connectivity index is 2.12. The van der Waals surface area contributed by atoms with Crippen molar-refractivity contribution < 1.29 is 19.1 Å². The standard InChI is InChI=1S/C20H29NO4/c1-14-9-16(11-17(10-14)19(23)25-20(2,3)4)18(22)21(5)12-15-7-6-8-24-13-15/h9-11,15H,6-8,12-13H2,1-5H3. The van der Waals surface area contributed by atoms with Crippen LogP contribution in [0.15, 0.2) is 18.2 Å². The van der Waals surface area contributed by atoms with Crippen molar-refractivity contribution in [1.82, 2.24) is 4.90 Å². The van der Waals surface area contributed by atoms with Crippen molar-refractivity contribution in [2.24, 2.45) is 5.92 Å². The number of hydrogen-bond donors (Lipinski definition) is 0. The fourth-order valence-corrected chi connectivity index (χ4v) is 3.00. The van der Waals surface area contributed by atoms with Crippen LogP contribution >= 0.6 is 0 Å². The molecule has 25 heavy (non-hydrogen) atoms. The second kappa shape index (κ2) is 8.00. The van der Waals surface area contributed by atoms with Gasteiger partial charge in [-0.05, 0) is 70.2 Å². The van der Waals surface area contributed by atoms with Crippen LogP contribution in [-0.2, 0) is 9.47 Å². The van der Waals surface area contributed by atoms with Crippen LogP contribution in [0.5, 0.6) is 0 Å². The monoisotopic (exact) mass is 347 g/mol. The molecule has 1 heterocycles. The van der Waals surface area contributed by atoms with Crippen LogP contribution in [0.4, 0.5) is 0 Å². The first-order valence-electron chi connectivity index (χ1n) is 8.84. The number of carbonyl (C=O) groups excluding carboxylic acids is 2. The van der Waals surface area contributed by atoms with Crippen LogP contribution in [0.2, 0.25) is 0 Å². The fraction of sp³-hybridized carbons (Fsp3) is 0.600. The average Bonchev–Trinajstić information content (AvgIpc) is 2.53. The number of carbonyl (C=O) groups is 2. The third-order valence-corrected chi connectivity index (χ3v) is 4.09. The van der Waals surface area contributed by atoms with E-state index in [-0.39, 0.29) is 5.91 Å². The molecule has 1 aliphatic heterocycles. The van der Waals surface area contributed by atoms with E-state index in [0.29, 0.717) is 30.2 Å². The first kappa shape index (κ1) is 19.4. The van der Waals surface area contributed by atoms with E-state index < -0.39 is 11.6 Å². The Hall–Kier alpha value is -1.88. The van der Waals surface area contributed by atoms with Crippen LogP contribution in [-0.4, -0.2) is 49.2 Å². The predicted octanol–water partition coefficient (Wildman–Crippen LogP) is 3.45. The summed E-state index contributed by atoms with van der Waals surface area (Å²) in [6.07, 6.45) is 2.12. The summed E-state index contributed by atoms with van der Waals surface area (Å²) >= 11 is 0. The number of ether oxygens (including phenoxy) is 2. The maximum atomic E-state index is 12.8. The van der Waals surface area contributed by atoms with E-state index in [2.05, 4.69) is 0 Å². The molecule has 1 amide bonds. The first-order chi connectivity index (χ1) is 11.7. The Kier molecular flexibility index (Phi) is 6.22. The Morgan fingerprint density at radius 3 is 2.52 bits per heavy atom. The largest absolute Gasteiger partial charge is 0.456 e. The molecule has 0 spiro atoms. The number of rotatable bonds is 4. The molecule has 0 aromatic heterocycles. The molecule has 138 valence electrons. The third-order valence-electron chi connectivity index (χ3n) is 4.09. The molecule has 2 rings (SSSR count). The highest BCUT2D eigenvalue weighted by atomic mass is 16.6. The van der Waals surface area contributed by atoms with Crippen molar-refractivity contribution in [3.8, 4) is 0 Å². The summed E-state index contributed by atoms with van der Waals surface area (Å²) in [6, 6.07) is 5.18. The molecule has 0 bridgehead atoms. The molecule has 1 aromatic rings. The highest BCUT2D eigenvalue weighted by Crippen LogP contribution is 2.19. The van der Waals surface area contributed by atoms with Gasteiger partial charge in [0.2, 0.25) is 0 Å². The van der Waals surface area contributed by atoms with Crippen molar-refractivity contribution in [2.45, 2.75) is 46.1 Å². The molecule has 5 nitrogen and oxygen atoms in total. The molecule has 0 N–H and O–H groups in total. The molecule has 1 aliphatic rings. The molecule has 1 saturated heterocycles. The molecular weight excluding hydrogens is 318 g/mol. The number of aryl methyl sites for hydroxylation is 1. The van der Waals surface area contributed by atoms with Crippen LogP contribution in [0, 0.1) is 12.8 Å². The van der Waals surface area contributed by atoms with Gasteiger partial charge in [0.1, 0.15) is 5.60 Å². The second-order valence-electron chi connectivity index (χ2n) is 7.86. The van der Waals surface area contributed by atoms with E-state index >= 15 is 0 Å². The van der Waals surface area contributed by atoms with Crippen molar-refractivity contribution in [3.63, 3.8) is 0 Å².